The SMILES string of the molecule is CCCCCCCCCCCC(=O)C(CCCC)OC(=O)[C@@H](N)CCC(=O)[O-].[K+]. The van der Waals surface area contributed by atoms with Gasteiger partial charge in [-0.1, -0.05) is 71.6 Å². The van der Waals surface area contributed by atoms with Crippen LogP contribution in [-0.2, 0) is 19.1 Å². The molecule has 2 N–H and O–H groups in total. The summed E-state index contributed by atoms with van der Waals surface area (Å²) >= 11 is 0. The van der Waals surface area contributed by atoms with Crippen LogP contribution < -0.4 is 62.2 Å². The predicted molar refractivity (Wildman–Crippen MR) is 108 cm³/mol. The normalized spacial score (nSPS) is 12.7. The number of rotatable bonds is 19. The number of hydrogen-bond acceptors (Lipinski definition) is 6. The second kappa shape index (κ2) is 21.4. The van der Waals surface area contributed by atoms with Gasteiger partial charge in [0.2, 0.25) is 0 Å². The maximum atomic E-state index is 12.5. The van der Waals surface area contributed by atoms with Gasteiger partial charge in [0.15, 0.2) is 11.9 Å². The number of nitrogens with two attached hydrogens (primary N) is 1. The van der Waals surface area contributed by atoms with Gasteiger partial charge in [0.05, 0.1) is 0 Å². The van der Waals surface area contributed by atoms with Crippen molar-refractivity contribution in [3.63, 3.8) is 0 Å². The summed E-state index contributed by atoms with van der Waals surface area (Å²) in [6.45, 7) is 4.22. The van der Waals surface area contributed by atoms with E-state index in [4.69, 9.17) is 10.5 Å². The minimum atomic E-state index is -1.26. The Morgan fingerprint density at radius 3 is 1.83 bits per heavy atom. The summed E-state index contributed by atoms with van der Waals surface area (Å²) < 4.78 is 5.31. The molecule has 0 spiro atoms. The van der Waals surface area contributed by atoms with Crippen LogP contribution in [0.5, 0.6) is 0 Å². The number of unbranched alkanes of at least 4 members (excludes halogenated alkanes) is 9. The Hall–Kier alpha value is 0.206. The second-order valence-electron chi connectivity index (χ2n) is 7.63. The van der Waals surface area contributed by atoms with E-state index in [0.717, 1.165) is 32.1 Å². The third-order valence-electron chi connectivity index (χ3n) is 4.93. The third kappa shape index (κ3) is 18.7. The summed E-state index contributed by atoms with van der Waals surface area (Å²) in [5, 5.41) is 10.5. The summed E-state index contributed by atoms with van der Waals surface area (Å²) in [7, 11) is 0. The molecule has 0 aliphatic carbocycles. The van der Waals surface area contributed by atoms with Crippen molar-refractivity contribution in [2.24, 2.45) is 5.73 Å². The monoisotopic (exact) mass is 437 g/mol. The van der Waals surface area contributed by atoms with E-state index in [-0.39, 0.29) is 70.0 Å². The van der Waals surface area contributed by atoms with E-state index in [0.29, 0.717) is 12.8 Å². The summed E-state index contributed by atoms with van der Waals surface area (Å²) in [4.78, 5) is 35.0. The van der Waals surface area contributed by atoms with Crippen molar-refractivity contribution in [2.75, 3.05) is 0 Å². The molecule has 29 heavy (non-hydrogen) atoms. The van der Waals surface area contributed by atoms with E-state index in [1.165, 1.54) is 38.5 Å². The van der Waals surface area contributed by atoms with E-state index in [1.807, 2.05) is 6.92 Å². The van der Waals surface area contributed by atoms with Crippen molar-refractivity contribution < 1.29 is 75.6 Å². The number of ether oxygens (including phenoxy) is 1. The Labute approximate surface area is 219 Å². The van der Waals surface area contributed by atoms with Gasteiger partial charge in [0.1, 0.15) is 6.04 Å². The second-order valence-corrected chi connectivity index (χ2v) is 7.63. The topological polar surface area (TPSA) is 110 Å². The van der Waals surface area contributed by atoms with Gasteiger partial charge < -0.3 is 20.4 Å². The Bertz CT molecular complexity index is 445. The molecule has 0 aromatic heterocycles. The van der Waals surface area contributed by atoms with Crippen LogP contribution >= 0.6 is 0 Å². The number of carbonyl (C=O) groups is 3. The van der Waals surface area contributed by atoms with Gasteiger partial charge in [-0.15, -0.1) is 0 Å². The third-order valence-corrected chi connectivity index (χ3v) is 4.93. The molecular formula is C22H40KNO5. The molecule has 164 valence electrons. The number of aliphatic carboxylic acids is 1. The Balaban J connectivity index is 0. The molecule has 0 aliphatic rings. The van der Waals surface area contributed by atoms with Crippen LogP contribution in [0.1, 0.15) is 110 Å². The fourth-order valence-electron chi connectivity index (χ4n) is 3.06. The summed E-state index contributed by atoms with van der Waals surface area (Å²) in [6.07, 6.45) is 12.1. The van der Waals surface area contributed by atoms with E-state index in [1.54, 1.807) is 0 Å². The molecule has 1 unspecified atom stereocenters. The Kier molecular flexibility index (Phi) is 23.2. The fourth-order valence-corrected chi connectivity index (χ4v) is 3.06. The van der Waals surface area contributed by atoms with Gasteiger partial charge in [-0.2, -0.15) is 0 Å². The van der Waals surface area contributed by atoms with Gasteiger partial charge in [-0.25, -0.2) is 0 Å². The van der Waals surface area contributed by atoms with Gasteiger partial charge in [0, 0.05) is 12.4 Å². The van der Waals surface area contributed by atoms with Crippen molar-refractivity contribution in [2.45, 2.75) is 122 Å². The zero-order valence-electron chi connectivity index (χ0n) is 18.9. The van der Waals surface area contributed by atoms with E-state index >= 15 is 0 Å². The molecule has 0 rings (SSSR count). The average molecular weight is 438 g/mol. The maximum absolute atomic E-state index is 12.5. The van der Waals surface area contributed by atoms with Gasteiger partial charge in [-0.3, -0.25) is 9.59 Å². The molecule has 6 nitrogen and oxygen atoms in total. The Morgan fingerprint density at radius 1 is 0.793 bits per heavy atom. The molecule has 0 radical (unpaired) electrons. The number of ketones is 1. The summed E-state index contributed by atoms with van der Waals surface area (Å²) in [5.74, 6) is -2.02. The first-order chi connectivity index (χ1) is 13.4. The predicted octanol–water partition coefficient (Wildman–Crippen LogP) is 0.440. The summed E-state index contributed by atoms with van der Waals surface area (Å²) in [6, 6.07) is -1.04. The molecule has 2 atom stereocenters. The quantitative estimate of drug-likeness (QED) is 0.178. The van der Waals surface area contributed by atoms with Gasteiger partial charge >= 0.3 is 57.4 Å². The molecule has 0 aromatic rings. The molecule has 0 bridgehead atoms. The molecule has 0 amide bonds. The molecular weight excluding hydrogens is 397 g/mol. The van der Waals surface area contributed by atoms with E-state index in [9.17, 15) is 19.5 Å². The van der Waals surface area contributed by atoms with E-state index < -0.39 is 24.1 Å². The number of carboxylic acids is 1. The zero-order chi connectivity index (χ0) is 21.2. The maximum Gasteiger partial charge on any atom is 1.00 e. The number of Topliss-reactive ketones (excluding diaryl/α,β-unsaturated/α-hetero) is 1. The molecule has 0 heterocycles. The van der Waals surface area contributed by atoms with Crippen LogP contribution in [-0.4, -0.2) is 29.9 Å². The van der Waals surface area contributed by atoms with Gasteiger partial charge in [-0.05, 0) is 32.1 Å². The minimum absolute atomic E-state index is 0. The summed E-state index contributed by atoms with van der Waals surface area (Å²) in [5.41, 5.74) is 5.66. The molecule has 0 aromatic carbocycles. The Morgan fingerprint density at radius 2 is 1.31 bits per heavy atom. The molecule has 0 aliphatic heterocycles. The molecule has 0 fully saturated rings. The zero-order valence-corrected chi connectivity index (χ0v) is 22.0. The van der Waals surface area contributed by atoms with Crippen molar-refractivity contribution in [1.29, 1.82) is 0 Å². The smallest absolute Gasteiger partial charge is 0.550 e. The van der Waals surface area contributed by atoms with Gasteiger partial charge in [0.25, 0.3) is 0 Å². The largest absolute Gasteiger partial charge is 1.00 e. The number of carbonyl (C=O) groups excluding carboxylic acids is 3. The van der Waals surface area contributed by atoms with E-state index in [2.05, 4.69) is 6.92 Å². The average Bonchev–Trinajstić information content (AvgIpc) is 2.67. The minimum Gasteiger partial charge on any atom is -0.550 e. The number of esters is 1. The van der Waals surface area contributed by atoms with Crippen LogP contribution in [0.15, 0.2) is 0 Å². The standard InChI is InChI=1S/C22H41NO5.K/c1-3-5-7-8-9-10-11-12-13-14-19(24)20(15-6-4-2)28-22(27)18(23)16-17-21(25)26;/h18,20H,3-17,23H2,1-2H3,(H,25,26);/q;+1/p-1/t18-,20?;/m0./s1. The van der Waals surface area contributed by atoms with Crippen LogP contribution in [0.3, 0.4) is 0 Å². The first kappa shape index (κ1) is 31.4. The number of hydrogen-bond donors (Lipinski definition) is 1. The van der Waals surface area contributed by atoms with Crippen molar-refractivity contribution in [3.8, 4) is 0 Å². The van der Waals surface area contributed by atoms with Crippen LogP contribution in [0, 0.1) is 0 Å². The van der Waals surface area contributed by atoms with Crippen molar-refractivity contribution in [3.05, 3.63) is 0 Å². The fraction of sp³-hybridized carbons (Fsp3) is 0.864. The molecule has 7 heteroatoms. The first-order valence-electron chi connectivity index (χ1n) is 11.1. The molecule has 0 saturated heterocycles. The van der Waals surface area contributed by atoms with Crippen LogP contribution in [0.2, 0.25) is 0 Å². The molecule has 0 saturated carbocycles. The van der Waals surface area contributed by atoms with Crippen LogP contribution in [0.25, 0.3) is 0 Å². The van der Waals surface area contributed by atoms with Crippen molar-refractivity contribution in [1.82, 2.24) is 0 Å². The van der Waals surface area contributed by atoms with Crippen LogP contribution in [0.4, 0.5) is 0 Å². The first-order valence-corrected chi connectivity index (χ1v) is 11.1. The van der Waals surface area contributed by atoms with Crippen molar-refractivity contribution >= 4 is 17.7 Å². The number of carboxylic acid groups (broad SMARTS) is 1.